The first kappa shape index (κ1) is 24.9. The molecule has 2 saturated heterocycles. The Bertz CT molecular complexity index is 1430. The molecule has 2 aliphatic rings. The van der Waals surface area contributed by atoms with E-state index in [0.29, 0.717) is 19.6 Å². The molecule has 6 nitrogen and oxygen atoms in total. The van der Waals surface area contributed by atoms with Gasteiger partial charge in [0.25, 0.3) is 0 Å². The maximum Gasteiger partial charge on any atom is 0.227 e. The van der Waals surface area contributed by atoms with E-state index in [1.165, 1.54) is 12.1 Å². The minimum atomic E-state index is -0.259. The quantitative estimate of drug-likeness (QED) is 0.347. The van der Waals surface area contributed by atoms with Gasteiger partial charge < -0.3 is 9.80 Å². The first-order valence-electron chi connectivity index (χ1n) is 13.3. The molecular formula is C30H31ClFN5O. The number of carbonyl (C=O) groups is 1. The molecule has 2 fully saturated rings. The van der Waals surface area contributed by atoms with Crippen molar-refractivity contribution in [3.8, 4) is 5.69 Å². The molecule has 1 amide bonds. The Morgan fingerprint density at radius 1 is 0.921 bits per heavy atom. The van der Waals surface area contributed by atoms with Crippen molar-refractivity contribution in [3.63, 3.8) is 0 Å². The van der Waals surface area contributed by atoms with Crippen LogP contribution in [0.15, 0.2) is 72.8 Å². The molecule has 0 N–H and O–H groups in total. The van der Waals surface area contributed by atoms with E-state index in [1.807, 2.05) is 53.4 Å². The molecule has 8 heteroatoms. The lowest BCUT2D eigenvalue weighted by molar-refractivity contribution is -0.137. The summed E-state index contributed by atoms with van der Waals surface area (Å²) in [6, 6.07) is 22.5. The molecule has 4 aromatic rings. The van der Waals surface area contributed by atoms with Crippen molar-refractivity contribution in [1.29, 1.82) is 0 Å². The van der Waals surface area contributed by atoms with E-state index in [9.17, 15) is 9.18 Å². The van der Waals surface area contributed by atoms with Gasteiger partial charge in [0, 0.05) is 38.4 Å². The molecule has 196 valence electrons. The van der Waals surface area contributed by atoms with Crippen molar-refractivity contribution in [2.24, 2.45) is 5.92 Å². The molecule has 0 saturated carbocycles. The van der Waals surface area contributed by atoms with Crippen LogP contribution in [-0.4, -0.2) is 64.5 Å². The molecule has 0 unspecified atom stereocenters. The van der Waals surface area contributed by atoms with Crippen LogP contribution in [0, 0.1) is 11.7 Å². The molecule has 2 aliphatic heterocycles. The highest BCUT2D eigenvalue weighted by atomic mass is 35.5. The number of fused-ring (bicyclic) bond motifs is 1. The summed E-state index contributed by atoms with van der Waals surface area (Å²) in [5.41, 5.74) is 3.83. The minimum absolute atomic E-state index is 0.0146. The maximum atomic E-state index is 13.6. The lowest BCUT2D eigenvalue weighted by Gasteiger charge is -2.40. The number of likely N-dealkylation sites (tertiary alicyclic amines) is 1. The Kier molecular flexibility index (Phi) is 7.04. The maximum absolute atomic E-state index is 13.6. The van der Waals surface area contributed by atoms with Gasteiger partial charge in [0.15, 0.2) is 0 Å². The Balaban J connectivity index is 1.14. The third kappa shape index (κ3) is 5.00. The van der Waals surface area contributed by atoms with Gasteiger partial charge in [-0.3, -0.25) is 14.3 Å². The number of piperidine rings is 1. The first-order chi connectivity index (χ1) is 18.6. The first-order valence-corrected chi connectivity index (χ1v) is 13.7. The molecule has 6 rings (SSSR count). The van der Waals surface area contributed by atoms with Gasteiger partial charge in [0.05, 0.1) is 34.2 Å². The number of carbonyl (C=O) groups excluding carboxylic acids is 1. The molecular weight excluding hydrogens is 501 g/mol. The van der Waals surface area contributed by atoms with Gasteiger partial charge in [-0.15, -0.1) is 0 Å². The van der Waals surface area contributed by atoms with Gasteiger partial charge >= 0.3 is 0 Å². The standard InChI is InChI=1S/C30H31ClFN5O/c31-25-7-1-3-9-27(25)35-16-18-36(19-17-35)30(38)22-6-5-15-34(20-22)21-29-33-26-8-2-4-10-28(26)37(29)24-13-11-23(32)12-14-24/h1-4,7-14,22H,5-6,15-21H2/t22-/m1/s1. The van der Waals surface area contributed by atoms with Crippen molar-refractivity contribution in [3.05, 3.63) is 89.5 Å². The van der Waals surface area contributed by atoms with E-state index in [2.05, 4.69) is 14.4 Å². The number of imidazole rings is 1. The highest BCUT2D eigenvalue weighted by molar-refractivity contribution is 6.33. The van der Waals surface area contributed by atoms with E-state index in [-0.39, 0.29) is 17.6 Å². The zero-order valence-corrected chi connectivity index (χ0v) is 22.0. The van der Waals surface area contributed by atoms with Crippen molar-refractivity contribution in [2.75, 3.05) is 44.2 Å². The summed E-state index contributed by atoms with van der Waals surface area (Å²) in [4.78, 5) is 25.1. The van der Waals surface area contributed by atoms with E-state index >= 15 is 0 Å². The highest BCUT2D eigenvalue weighted by Crippen LogP contribution is 2.28. The fraction of sp³-hybridized carbons (Fsp3) is 0.333. The van der Waals surface area contributed by atoms with Crippen LogP contribution >= 0.6 is 11.6 Å². The van der Waals surface area contributed by atoms with E-state index < -0.39 is 0 Å². The molecule has 1 aromatic heterocycles. The molecule has 0 radical (unpaired) electrons. The largest absolute Gasteiger partial charge is 0.367 e. The van der Waals surface area contributed by atoms with Crippen LogP contribution < -0.4 is 4.90 Å². The average Bonchev–Trinajstić information content (AvgIpc) is 3.31. The predicted molar refractivity (Wildman–Crippen MR) is 149 cm³/mol. The summed E-state index contributed by atoms with van der Waals surface area (Å²) >= 11 is 6.39. The number of anilines is 1. The van der Waals surface area contributed by atoms with E-state index in [4.69, 9.17) is 16.6 Å². The minimum Gasteiger partial charge on any atom is -0.367 e. The van der Waals surface area contributed by atoms with E-state index in [1.54, 1.807) is 12.1 Å². The normalized spacial score (nSPS) is 18.7. The number of aromatic nitrogens is 2. The fourth-order valence-electron chi connectivity index (χ4n) is 5.80. The topological polar surface area (TPSA) is 44.6 Å². The number of para-hydroxylation sites is 3. The SMILES string of the molecule is O=C([C@@H]1CCCN(Cc2nc3ccccc3n2-c2ccc(F)cc2)C1)N1CCN(c2ccccc2Cl)CC1. The summed E-state index contributed by atoms with van der Waals surface area (Å²) < 4.78 is 15.7. The third-order valence-electron chi connectivity index (χ3n) is 7.72. The summed E-state index contributed by atoms with van der Waals surface area (Å²) in [6.45, 7) is 5.27. The summed E-state index contributed by atoms with van der Waals surface area (Å²) in [7, 11) is 0. The lowest BCUT2D eigenvalue weighted by atomic mass is 9.96. The Morgan fingerprint density at radius 3 is 2.45 bits per heavy atom. The number of halogens is 2. The van der Waals surface area contributed by atoms with Gasteiger partial charge in [0.2, 0.25) is 5.91 Å². The second-order valence-electron chi connectivity index (χ2n) is 10.2. The summed E-state index contributed by atoms with van der Waals surface area (Å²) in [5.74, 6) is 0.879. The van der Waals surface area contributed by atoms with E-state index in [0.717, 1.165) is 72.3 Å². The van der Waals surface area contributed by atoms with Crippen LogP contribution in [0.25, 0.3) is 16.7 Å². The number of hydrogen-bond donors (Lipinski definition) is 0. The number of benzene rings is 3. The van der Waals surface area contributed by atoms with Crippen LogP contribution in [0.1, 0.15) is 18.7 Å². The zero-order chi connectivity index (χ0) is 26.1. The number of hydrogen-bond acceptors (Lipinski definition) is 4. The van der Waals surface area contributed by atoms with Crippen LogP contribution in [0.3, 0.4) is 0 Å². The molecule has 0 aliphatic carbocycles. The van der Waals surface area contributed by atoms with Gasteiger partial charge in [-0.25, -0.2) is 9.37 Å². The third-order valence-corrected chi connectivity index (χ3v) is 8.04. The Labute approximate surface area is 227 Å². The Morgan fingerprint density at radius 2 is 1.66 bits per heavy atom. The molecule has 1 atom stereocenters. The number of amides is 1. The highest BCUT2D eigenvalue weighted by Gasteiger charge is 2.32. The second-order valence-corrected chi connectivity index (χ2v) is 10.6. The predicted octanol–water partition coefficient (Wildman–Crippen LogP) is 5.38. The van der Waals surface area contributed by atoms with Gasteiger partial charge in [-0.2, -0.15) is 0 Å². The van der Waals surface area contributed by atoms with Crippen molar-refractivity contribution in [1.82, 2.24) is 19.4 Å². The second kappa shape index (κ2) is 10.8. The van der Waals surface area contributed by atoms with Crippen LogP contribution in [0.4, 0.5) is 10.1 Å². The Hall–Kier alpha value is -3.42. The average molecular weight is 532 g/mol. The number of piperazine rings is 1. The lowest BCUT2D eigenvalue weighted by Crippen LogP contribution is -2.52. The number of rotatable bonds is 5. The monoisotopic (exact) mass is 531 g/mol. The van der Waals surface area contributed by atoms with Crippen molar-refractivity contribution >= 4 is 34.2 Å². The fourth-order valence-corrected chi connectivity index (χ4v) is 6.05. The number of nitrogens with zero attached hydrogens (tertiary/aromatic N) is 5. The van der Waals surface area contributed by atoms with Crippen molar-refractivity contribution in [2.45, 2.75) is 19.4 Å². The van der Waals surface area contributed by atoms with Gasteiger partial charge in [0.1, 0.15) is 11.6 Å². The molecule has 0 spiro atoms. The molecule has 3 aromatic carbocycles. The smallest absolute Gasteiger partial charge is 0.227 e. The van der Waals surface area contributed by atoms with Gasteiger partial charge in [-0.05, 0) is 67.9 Å². The van der Waals surface area contributed by atoms with Gasteiger partial charge in [-0.1, -0.05) is 35.9 Å². The van der Waals surface area contributed by atoms with Crippen molar-refractivity contribution < 1.29 is 9.18 Å². The summed E-state index contributed by atoms with van der Waals surface area (Å²) in [5, 5.41) is 0.752. The molecule has 38 heavy (non-hydrogen) atoms. The summed E-state index contributed by atoms with van der Waals surface area (Å²) in [6.07, 6.45) is 1.89. The molecule has 0 bridgehead atoms. The van der Waals surface area contributed by atoms with Crippen LogP contribution in [0.2, 0.25) is 5.02 Å². The van der Waals surface area contributed by atoms with Crippen LogP contribution in [0.5, 0.6) is 0 Å². The van der Waals surface area contributed by atoms with Crippen LogP contribution in [-0.2, 0) is 11.3 Å². The zero-order valence-electron chi connectivity index (χ0n) is 21.3. The molecule has 3 heterocycles.